The van der Waals surface area contributed by atoms with Crippen molar-refractivity contribution in [1.82, 2.24) is 0 Å². The summed E-state index contributed by atoms with van der Waals surface area (Å²) in [6, 6.07) is 12.4. The van der Waals surface area contributed by atoms with Crippen LogP contribution in [0.15, 0.2) is 42.0 Å². The fourth-order valence-electron chi connectivity index (χ4n) is 2.93. The van der Waals surface area contributed by atoms with Crippen LogP contribution in [0.5, 0.6) is 0 Å². The summed E-state index contributed by atoms with van der Waals surface area (Å²) in [6.07, 6.45) is 0.523. The predicted octanol–water partition coefficient (Wildman–Crippen LogP) is 3.94. The number of ether oxygens (including phenoxy) is 1. The molecule has 5 heteroatoms. The summed E-state index contributed by atoms with van der Waals surface area (Å²) in [7, 11) is -1.88. The average molecular weight is 334 g/mol. The quantitative estimate of drug-likeness (QED) is 0.578. The summed E-state index contributed by atoms with van der Waals surface area (Å²) < 4.78 is 11.6. The molecule has 0 saturated carbocycles. The standard InChI is InChI=1S/C18H26O4Si/c1-4-23(5-2,6-3)22-18-15(13-17(20)21-18)12-16(19)14-10-8-7-9-11-14/h7-11,13,16,18-19H,4-6,12H2,1-3H3. The van der Waals surface area contributed by atoms with Crippen molar-refractivity contribution in [3.8, 4) is 0 Å². The van der Waals surface area contributed by atoms with Gasteiger partial charge in [-0.2, -0.15) is 0 Å². The van der Waals surface area contributed by atoms with E-state index in [1.807, 2.05) is 30.3 Å². The average Bonchev–Trinajstić information content (AvgIpc) is 2.92. The van der Waals surface area contributed by atoms with Crippen molar-refractivity contribution in [2.45, 2.75) is 57.7 Å². The van der Waals surface area contributed by atoms with E-state index in [4.69, 9.17) is 9.16 Å². The molecule has 0 aromatic heterocycles. The first-order valence-electron chi connectivity index (χ1n) is 8.35. The zero-order chi connectivity index (χ0) is 16.9. The number of hydrogen-bond acceptors (Lipinski definition) is 4. The first-order valence-corrected chi connectivity index (χ1v) is 10.9. The smallest absolute Gasteiger partial charge is 0.333 e. The summed E-state index contributed by atoms with van der Waals surface area (Å²) in [5, 5.41) is 10.4. The van der Waals surface area contributed by atoms with Crippen LogP contribution in [0.3, 0.4) is 0 Å². The predicted molar refractivity (Wildman–Crippen MR) is 92.3 cm³/mol. The third kappa shape index (κ3) is 4.31. The van der Waals surface area contributed by atoms with Gasteiger partial charge in [0.05, 0.1) is 6.10 Å². The molecule has 1 aromatic rings. The van der Waals surface area contributed by atoms with Crippen molar-refractivity contribution < 1.29 is 19.1 Å². The number of carbonyl (C=O) groups is 1. The summed E-state index contributed by atoms with van der Waals surface area (Å²) in [4.78, 5) is 11.7. The van der Waals surface area contributed by atoms with Crippen molar-refractivity contribution in [1.29, 1.82) is 0 Å². The topological polar surface area (TPSA) is 55.8 Å². The van der Waals surface area contributed by atoms with Gasteiger partial charge in [-0.1, -0.05) is 51.1 Å². The fraction of sp³-hybridized carbons (Fsp3) is 0.500. The number of rotatable bonds is 8. The largest absolute Gasteiger partial charge is 0.429 e. The Kier molecular flexibility index (Phi) is 6.15. The molecule has 4 nitrogen and oxygen atoms in total. The molecular formula is C18H26O4Si. The highest BCUT2D eigenvalue weighted by atomic mass is 28.4. The van der Waals surface area contributed by atoms with Gasteiger partial charge < -0.3 is 14.3 Å². The van der Waals surface area contributed by atoms with Crippen LogP contribution in [0.25, 0.3) is 0 Å². The van der Waals surface area contributed by atoms with Gasteiger partial charge in [0.15, 0.2) is 8.32 Å². The Bertz CT molecular complexity index is 543. The van der Waals surface area contributed by atoms with E-state index < -0.39 is 20.7 Å². The SMILES string of the molecule is CC[Si](CC)(CC)OC1OC(=O)C=C1CC(O)c1ccccc1. The van der Waals surface area contributed by atoms with Gasteiger partial charge in [-0.25, -0.2) is 4.79 Å². The Balaban J connectivity index is 2.10. The number of aliphatic hydroxyl groups is 1. The minimum absolute atomic E-state index is 0.349. The first-order chi connectivity index (χ1) is 11.0. The second-order valence-corrected chi connectivity index (χ2v) is 10.7. The van der Waals surface area contributed by atoms with Gasteiger partial charge in [-0.3, -0.25) is 0 Å². The molecule has 1 aliphatic rings. The molecule has 0 spiro atoms. The summed E-state index contributed by atoms with van der Waals surface area (Å²) in [5.41, 5.74) is 1.56. The van der Waals surface area contributed by atoms with Crippen LogP contribution in [-0.4, -0.2) is 25.7 Å². The number of aliphatic hydroxyl groups excluding tert-OH is 1. The van der Waals surface area contributed by atoms with Gasteiger partial charge in [0, 0.05) is 18.1 Å². The van der Waals surface area contributed by atoms with E-state index in [0.717, 1.165) is 29.3 Å². The van der Waals surface area contributed by atoms with Crippen LogP contribution >= 0.6 is 0 Å². The van der Waals surface area contributed by atoms with E-state index in [2.05, 4.69) is 20.8 Å². The minimum Gasteiger partial charge on any atom is -0.429 e. The molecule has 0 fully saturated rings. The Hall–Kier alpha value is -1.43. The zero-order valence-corrected chi connectivity index (χ0v) is 15.1. The second kappa shape index (κ2) is 7.90. The van der Waals surface area contributed by atoms with Crippen LogP contribution in [0.1, 0.15) is 38.9 Å². The van der Waals surface area contributed by atoms with E-state index in [1.165, 1.54) is 6.08 Å². The van der Waals surface area contributed by atoms with Crippen LogP contribution in [0.2, 0.25) is 18.1 Å². The van der Waals surface area contributed by atoms with E-state index in [9.17, 15) is 9.90 Å². The Morgan fingerprint density at radius 1 is 1.17 bits per heavy atom. The van der Waals surface area contributed by atoms with Gasteiger partial charge in [-0.15, -0.1) is 0 Å². The summed E-state index contributed by atoms with van der Waals surface area (Å²) in [6.45, 7) is 6.41. The third-order valence-corrected chi connectivity index (χ3v) is 9.31. The van der Waals surface area contributed by atoms with Gasteiger partial charge in [0.1, 0.15) is 0 Å². The normalized spacial score (nSPS) is 19.4. The number of carbonyl (C=O) groups excluding carboxylic acids is 1. The molecule has 0 saturated heterocycles. The van der Waals surface area contributed by atoms with Crippen LogP contribution in [0, 0.1) is 0 Å². The van der Waals surface area contributed by atoms with Crippen LogP contribution in [0.4, 0.5) is 0 Å². The maximum atomic E-state index is 11.7. The van der Waals surface area contributed by atoms with Crippen molar-refractivity contribution in [3.63, 3.8) is 0 Å². The maximum absolute atomic E-state index is 11.7. The van der Waals surface area contributed by atoms with Crippen molar-refractivity contribution in [3.05, 3.63) is 47.5 Å². The third-order valence-electron chi connectivity index (χ3n) is 4.73. The second-order valence-electron chi connectivity index (χ2n) is 5.98. The molecule has 2 unspecified atom stereocenters. The highest BCUT2D eigenvalue weighted by Gasteiger charge is 2.37. The highest BCUT2D eigenvalue weighted by molar-refractivity contribution is 6.73. The molecule has 2 rings (SSSR count). The molecule has 1 aromatic carbocycles. The van der Waals surface area contributed by atoms with Gasteiger partial charge in [0.25, 0.3) is 0 Å². The molecule has 126 valence electrons. The Morgan fingerprint density at radius 2 is 1.78 bits per heavy atom. The molecule has 0 aliphatic carbocycles. The molecule has 2 atom stereocenters. The number of cyclic esters (lactones) is 1. The lowest BCUT2D eigenvalue weighted by atomic mass is 10.0. The van der Waals surface area contributed by atoms with Gasteiger partial charge in [0.2, 0.25) is 6.29 Å². The lowest BCUT2D eigenvalue weighted by molar-refractivity contribution is -0.149. The van der Waals surface area contributed by atoms with Gasteiger partial charge >= 0.3 is 5.97 Å². The summed E-state index contributed by atoms with van der Waals surface area (Å²) >= 11 is 0. The van der Waals surface area contributed by atoms with Crippen LogP contribution < -0.4 is 0 Å². The van der Waals surface area contributed by atoms with Crippen LogP contribution in [-0.2, 0) is 14.0 Å². The number of hydrogen-bond donors (Lipinski definition) is 1. The van der Waals surface area contributed by atoms with E-state index in [1.54, 1.807) is 0 Å². The van der Waals surface area contributed by atoms with Crippen molar-refractivity contribution in [2.24, 2.45) is 0 Å². The molecule has 1 N–H and O–H groups in total. The molecule has 1 aliphatic heterocycles. The molecule has 0 amide bonds. The molecular weight excluding hydrogens is 308 g/mol. The monoisotopic (exact) mass is 334 g/mol. The number of esters is 1. The van der Waals surface area contributed by atoms with Crippen molar-refractivity contribution >= 4 is 14.3 Å². The van der Waals surface area contributed by atoms with E-state index in [0.29, 0.717) is 6.42 Å². The van der Waals surface area contributed by atoms with Gasteiger partial charge in [-0.05, 0) is 23.7 Å². The highest BCUT2D eigenvalue weighted by Crippen LogP contribution is 2.32. The molecule has 0 radical (unpaired) electrons. The molecule has 1 heterocycles. The Labute approximate surface area is 139 Å². The maximum Gasteiger partial charge on any atom is 0.333 e. The first kappa shape index (κ1) is 17.9. The summed E-state index contributed by atoms with van der Waals surface area (Å²) in [5.74, 6) is -0.378. The molecule has 0 bridgehead atoms. The number of benzene rings is 1. The lowest BCUT2D eigenvalue weighted by Crippen LogP contribution is -2.40. The molecule has 23 heavy (non-hydrogen) atoms. The lowest BCUT2D eigenvalue weighted by Gasteiger charge is -2.32. The minimum atomic E-state index is -1.88. The Morgan fingerprint density at radius 3 is 2.35 bits per heavy atom. The zero-order valence-electron chi connectivity index (χ0n) is 14.1. The van der Waals surface area contributed by atoms with Crippen molar-refractivity contribution in [2.75, 3.05) is 0 Å². The van der Waals surface area contributed by atoms with E-state index in [-0.39, 0.29) is 5.97 Å². The van der Waals surface area contributed by atoms with E-state index >= 15 is 0 Å². The fourth-order valence-corrected chi connectivity index (χ4v) is 5.59.